The van der Waals surface area contributed by atoms with Gasteiger partial charge in [0, 0.05) is 14.2 Å². The average Bonchev–Trinajstić information content (AvgIpc) is 2.53. The van der Waals surface area contributed by atoms with E-state index < -0.39 is 0 Å². The van der Waals surface area contributed by atoms with Gasteiger partial charge in [0.15, 0.2) is 10.2 Å². The van der Waals surface area contributed by atoms with Crippen LogP contribution in [0.25, 0.3) is 0 Å². The van der Waals surface area contributed by atoms with E-state index >= 15 is 0 Å². The second-order valence-electron chi connectivity index (χ2n) is 2.14. The predicted octanol–water partition coefficient (Wildman–Crippen LogP) is 1.33. The second kappa shape index (κ2) is 5.48. The zero-order chi connectivity index (χ0) is 9.68. The van der Waals surface area contributed by atoms with Gasteiger partial charge >= 0.3 is 0 Å². The van der Waals surface area contributed by atoms with E-state index in [1.807, 2.05) is 0 Å². The Labute approximate surface area is 88.6 Å². The SMILES string of the molecule is COC(CNc1nnc(Br)s1)OC. The van der Waals surface area contributed by atoms with E-state index in [-0.39, 0.29) is 6.29 Å². The average molecular weight is 268 g/mol. The summed E-state index contributed by atoms with van der Waals surface area (Å²) in [6.07, 6.45) is -0.261. The fourth-order valence-electron chi connectivity index (χ4n) is 0.710. The Morgan fingerprint density at radius 1 is 1.46 bits per heavy atom. The highest BCUT2D eigenvalue weighted by atomic mass is 79.9. The topological polar surface area (TPSA) is 56.3 Å². The van der Waals surface area contributed by atoms with Crippen LogP contribution in [0.5, 0.6) is 0 Å². The molecular formula is C6H10BrN3O2S. The van der Waals surface area contributed by atoms with Crippen LogP contribution in [0.4, 0.5) is 5.13 Å². The molecule has 0 saturated heterocycles. The molecule has 0 fully saturated rings. The maximum atomic E-state index is 4.99. The number of nitrogens with zero attached hydrogens (tertiary/aromatic N) is 2. The van der Waals surface area contributed by atoms with Crippen molar-refractivity contribution in [3.05, 3.63) is 3.92 Å². The molecular weight excluding hydrogens is 258 g/mol. The Hall–Kier alpha value is -0.240. The summed E-state index contributed by atoms with van der Waals surface area (Å²) in [5.41, 5.74) is 0. The van der Waals surface area contributed by atoms with Crippen LogP contribution in [0.3, 0.4) is 0 Å². The smallest absolute Gasteiger partial charge is 0.206 e. The monoisotopic (exact) mass is 267 g/mol. The molecule has 5 nitrogen and oxygen atoms in total. The van der Waals surface area contributed by atoms with E-state index in [1.165, 1.54) is 11.3 Å². The van der Waals surface area contributed by atoms with Gasteiger partial charge in [0.2, 0.25) is 5.13 Å². The van der Waals surface area contributed by atoms with Crippen molar-refractivity contribution in [3.8, 4) is 0 Å². The number of aromatic nitrogens is 2. The summed E-state index contributed by atoms with van der Waals surface area (Å²) < 4.78 is 10.7. The number of ether oxygens (including phenoxy) is 2. The Morgan fingerprint density at radius 3 is 2.62 bits per heavy atom. The molecule has 0 spiro atoms. The minimum atomic E-state index is -0.261. The molecule has 0 aliphatic heterocycles. The minimum Gasteiger partial charge on any atom is -0.355 e. The largest absolute Gasteiger partial charge is 0.355 e. The van der Waals surface area contributed by atoms with Gasteiger partial charge in [-0.25, -0.2) is 0 Å². The molecule has 0 amide bonds. The maximum Gasteiger partial charge on any atom is 0.206 e. The van der Waals surface area contributed by atoms with Gasteiger partial charge in [-0.2, -0.15) is 0 Å². The predicted molar refractivity (Wildman–Crippen MR) is 53.9 cm³/mol. The van der Waals surface area contributed by atoms with Crippen molar-refractivity contribution in [2.45, 2.75) is 6.29 Å². The fourth-order valence-corrected chi connectivity index (χ4v) is 1.73. The van der Waals surface area contributed by atoms with Crippen molar-refractivity contribution in [2.24, 2.45) is 0 Å². The highest BCUT2D eigenvalue weighted by Gasteiger charge is 2.06. The number of anilines is 1. The molecule has 0 aromatic carbocycles. The first-order valence-corrected chi connectivity index (χ1v) is 5.15. The maximum absolute atomic E-state index is 4.99. The quantitative estimate of drug-likeness (QED) is 0.816. The fraction of sp³-hybridized carbons (Fsp3) is 0.667. The van der Waals surface area contributed by atoms with E-state index in [9.17, 15) is 0 Å². The summed E-state index contributed by atoms with van der Waals surface area (Å²) in [4.78, 5) is 0. The number of halogens is 1. The van der Waals surface area contributed by atoms with Crippen LogP contribution in [0.2, 0.25) is 0 Å². The van der Waals surface area contributed by atoms with Crippen molar-refractivity contribution in [1.29, 1.82) is 0 Å². The third kappa shape index (κ3) is 3.55. The molecule has 13 heavy (non-hydrogen) atoms. The number of rotatable bonds is 5. The molecule has 0 radical (unpaired) electrons. The molecule has 1 heterocycles. The van der Waals surface area contributed by atoms with E-state index in [2.05, 4.69) is 31.4 Å². The molecule has 0 aliphatic rings. The molecule has 0 unspecified atom stereocenters. The van der Waals surface area contributed by atoms with Gasteiger partial charge in [-0.05, 0) is 15.9 Å². The molecule has 0 aliphatic carbocycles. The minimum absolute atomic E-state index is 0.261. The van der Waals surface area contributed by atoms with E-state index in [1.54, 1.807) is 14.2 Å². The van der Waals surface area contributed by atoms with E-state index in [4.69, 9.17) is 9.47 Å². The van der Waals surface area contributed by atoms with Crippen molar-refractivity contribution >= 4 is 32.4 Å². The summed E-state index contributed by atoms with van der Waals surface area (Å²) in [5.74, 6) is 0. The lowest BCUT2D eigenvalue weighted by atomic mass is 10.6. The third-order valence-corrected chi connectivity index (χ3v) is 2.66. The van der Waals surface area contributed by atoms with Gasteiger partial charge in [-0.1, -0.05) is 11.3 Å². The van der Waals surface area contributed by atoms with Crippen molar-refractivity contribution in [2.75, 3.05) is 26.1 Å². The normalized spacial score (nSPS) is 10.8. The lowest BCUT2D eigenvalue weighted by Gasteiger charge is -2.12. The van der Waals surface area contributed by atoms with E-state index in [0.29, 0.717) is 6.54 Å². The summed E-state index contributed by atoms with van der Waals surface area (Å²) in [6, 6.07) is 0. The molecule has 1 aromatic heterocycles. The summed E-state index contributed by atoms with van der Waals surface area (Å²) in [6.45, 7) is 0.550. The number of nitrogens with one attached hydrogen (secondary N) is 1. The Kier molecular flexibility index (Phi) is 4.57. The first kappa shape index (κ1) is 10.8. The van der Waals surface area contributed by atoms with Crippen LogP contribution < -0.4 is 5.32 Å². The zero-order valence-electron chi connectivity index (χ0n) is 7.28. The Morgan fingerprint density at radius 2 is 2.15 bits per heavy atom. The van der Waals surface area contributed by atoms with Gasteiger partial charge in [0.05, 0.1) is 6.54 Å². The number of hydrogen-bond donors (Lipinski definition) is 1. The van der Waals surface area contributed by atoms with Crippen molar-refractivity contribution in [1.82, 2.24) is 10.2 Å². The molecule has 7 heteroatoms. The molecule has 0 bridgehead atoms. The van der Waals surface area contributed by atoms with Gasteiger partial charge in [-0.3, -0.25) is 0 Å². The Balaban J connectivity index is 2.33. The highest BCUT2D eigenvalue weighted by molar-refractivity contribution is 9.11. The molecule has 1 rings (SSSR count). The molecule has 1 N–H and O–H groups in total. The number of methoxy groups -OCH3 is 2. The van der Waals surface area contributed by atoms with Crippen LogP contribution in [0.15, 0.2) is 3.92 Å². The van der Waals surface area contributed by atoms with Crippen LogP contribution in [-0.2, 0) is 9.47 Å². The summed E-state index contributed by atoms with van der Waals surface area (Å²) in [7, 11) is 3.18. The lowest BCUT2D eigenvalue weighted by Crippen LogP contribution is -2.23. The van der Waals surface area contributed by atoms with Crippen LogP contribution in [0, 0.1) is 0 Å². The lowest BCUT2D eigenvalue weighted by molar-refractivity contribution is -0.0914. The third-order valence-electron chi connectivity index (χ3n) is 1.35. The first-order chi connectivity index (χ1) is 6.26. The molecule has 0 atom stereocenters. The molecule has 74 valence electrons. The second-order valence-corrected chi connectivity index (χ2v) is 4.40. The molecule has 0 saturated carbocycles. The van der Waals surface area contributed by atoms with Crippen LogP contribution >= 0.6 is 27.3 Å². The van der Waals surface area contributed by atoms with E-state index in [0.717, 1.165) is 9.05 Å². The summed E-state index contributed by atoms with van der Waals surface area (Å²) in [5, 5.41) is 11.4. The van der Waals surface area contributed by atoms with Gasteiger partial charge < -0.3 is 14.8 Å². The van der Waals surface area contributed by atoms with Crippen LogP contribution in [0.1, 0.15) is 0 Å². The van der Waals surface area contributed by atoms with Gasteiger partial charge in [0.25, 0.3) is 0 Å². The summed E-state index contributed by atoms with van der Waals surface area (Å²) >= 11 is 4.64. The molecule has 1 aromatic rings. The Bertz CT molecular complexity index is 254. The zero-order valence-corrected chi connectivity index (χ0v) is 9.68. The van der Waals surface area contributed by atoms with Gasteiger partial charge in [-0.15, -0.1) is 10.2 Å². The van der Waals surface area contributed by atoms with Crippen LogP contribution in [-0.4, -0.2) is 37.3 Å². The van der Waals surface area contributed by atoms with Gasteiger partial charge in [0.1, 0.15) is 0 Å². The highest BCUT2D eigenvalue weighted by Crippen LogP contribution is 2.19. The first-order valence-electron chi connectivity index (χ1n) is 3.54. The standard InChI is InChI=1S/C6H10BrN3O2S/c1-11-4(12-2)3-8-6-10-9-5(7)13-6/h4H,3H2,1-2H3,(H,8,10). The van der Waals surface area contributed by atoms with Crippen molar-refractivity contribution < 1.29 is 9.47 Å². The van der Waals surface area contributed by atoms with Crippen molar-refractivity contribution in [3.63, 3.8) is 0 Å². The number of hydrogen-bond acceptors (Lipinski definition) is 6.